The molecule has 15 heavy (non-hydrogen) atoms. The van der Waals surface area contributed by atoms with Gasteiger partial charge in [-0.25, -0.2) is 4.98 Å². The van der Waals surface area contributed by atoms with Crippen LogP contribution in [0.3, 0.4) is 0 Å². The number of nitrogens with zero attached hydrogens (tertiary/aromatic N) is 1. The molecule has 0 radical (unpaired) electrons. The van der Waals surface area contributed by atoms with Gasteiger partial charge in [0.05, 0.1) is 4.90 Å². The second-order valence-corrected chi connectivity index (χ2v) is 4.99. The molecule has 1 aromatic carbocycles. The fourth-order valence-corrected chi connectivity index (χ4v) is 2.96. The van der Waals surface area contributed by atoms with Crippen LogP contribution in [0.25, 0.3) is 0 Å². The first-order valence-electron chi connectivity index (χ1n) is 4.40. The maximum absolute atomic E-state index is 9.53. The van der Waals surface area contributed by atoms with E-state index in [0.29, 0.717) is 5.75 Å². The van der Waals surface area contributed by atoms with Crippen LogP contribution >= 0.6 is 21.6 Å². The van der Waals surface area contributed by atoms with Crippen LogP contribution in [0.15, 0.2) is 58.6 Å². The lowest BCUT2D eigenvalue weighted by molar-refractivity contribution is 0.462. The highest BCUT2D eigenvalue weighted by molar-refractivity contribution is 8.76. The number of benzene rings is 1. The van der Waals surface area contributed by atoms with Gasteiger partial charge in [0, 0.05) is 6.20 Å². The number of para-hydroxylation sites is 1. The summed E-state index contributed by atoms with van der Waals surface area (Å²) in [6.45, 7) is 0. The minimum Gasteiger partial charge on any atom is -0.507 e. The summed E-state index contributed by atoms with van der Waals surface area (Å²) in [5.74, 6) is 0.311. The Bertz CT molecular complexity index is 434. The van der Waals surface area contributed by atoms with Crippen LogP contribution in [-0.2, 0) is 0 Å². The van der Waals surface area contributed by atoms with Gasteiger partial charge in [-0.2, -0.15) is 0 Å². The predicted molar refractivity (Wildman–Crippen MR) is 64.1 cm³/mol. The molecule has 1 heterocycles. The molecule has 0 aliphatic heterocycles. The van der Waals surface area contributed by atoms with Crippen LogP contribution in [0.5, 0.6) is 5.75 Å². The van der Waals surface area contributed by atoms with E-state index in [0.717, 1.165) is 9.92 Å². The smallest absolute Gasteiger partial charge is 0.130 e. The number of hydrogen-bond donors (Lipinski definition) is 1. The third-order valence-corrected chi connectivity index (χ3v) is 4.04. The van der Waals surface area contributed by atoms with Crippen molar-refractivity contribution < 1.29 is 5.11 Å². The van der Waals surface area contributed by atoms with Crippen molar-refractivity contribution in [3.63, 3.8) is 0 Å². The molecule has 1 N–H and O–H groups in total. The lowest BCUT2D eigenvalue weighted by atomic mass is 10.3. The van der Waals surface area contributed by atoms with Gasteiger partial charge < -0.3 is 5.11 Å². The van der Waals surface area contributed by atoms with Crippen molar-refractivity contribution in [1.29, 1.82) is 0 Å². The van der Waals surface area contributed by atoms with Gasteiger partial charge in [-0.15, -0.1) is 0 Å². The number of aromatic nitrogens is 1. The van der Waals surface area contributed by atoms with E-state index >= 15 is 0 Å². The Balaban J connectivity index is 2.03. The molecule has 0 fully saturated rings. The SMILES string of the molecule is Oc1ccccc1SSc1ccccn1. The van der Waals surface area contributed by atoms with E-state index in [1.807, 2.05) is 36.4 Å². The van der Waals surface area contributed by atoms with Gasteiger partial charge in [0.1, 0.15) is 10.8 Å². The van der Waals surface area contributed by atoms with E-state index < -0.39 is 0 Å². The predicted octanol–water partition coefficient (Wildman–Crippen LogP) is 3.59. The highest BCUT2D eigenvalue weighted by atomic mass is 33.1. The van der Waals surface area contributed by atoms with Gasteiger partial charge in [-0.1, -0.05) is 18.2 Å². The van der Waals surface area contributed by atoms with Crippen molar-refractivity contribution in [1.82, 2.24) is 4.98 Å². The van der Waals surface area contributed by atoms with Crippen LogP contribution in [-0.4, -0.2) is 10.1 Å². The molecule has 2 aromatic rings. The lowest BCUT2D eigenvalue weighted by Crippen LogP contribution is -1.74. The average molecular weight is 235 g/mol. The summed E-state index contributed by atoms with van der Waals surface area (Å²) in [4.78, 5) is 5.04. The van der Waals surface area contributed by atoms with Crippen molar-refractivity contribution in [3.05, 3.63) is 48.7 Å². The number of phenols is 1. The molecular formula is C11H9NOS2. The summed E-state index contributed by atoms with van der Waals surface area (Å²) < 4.78 is 0. The first-order chi connectivity index (χ1) is 7.36. The Morgan fingerprint density at radius 1 is 0.933 bits per heavy atom. The van der Waals surface area contributed by atoms with E-state index in [4.69, 9.17) is 0 Å². The monoisotopic (exact) mass is 235 g/mol. The Labute approximate surface area is 96.1 Å². The zero-order chi connectivity index (χ0) is 10.5. The minimum atomic E-state index is 0.311. The third-order valence-electron chi connectivity index (χ3n) is 1.72. The molecule has 0 saturated carbocycles. The molecule has 0 amide bonds. The van der Waals surface area contributed by atoms with Gasteiger partial charge in [0.2, 0.25) is 0 Å². The van der Waals surface area contributed by atoms with Gasteiger partial charge in [-0.3, -0.25) is 0 Å². The van der Waals surface area contributed by atoms with Gasteiger partial charge in [-0.05, 0) is 45.9 Å². The molecular weight excluding hydrogens is 226 g/mol. The van der Waals surface area contributed by atoms with Crippen molar-refractivity contribution in [2.45, 2.75) is 9.92 Å². The second kappa shape index (κ2) is 5.09. The third kappa shape index (κ3) is 2.91. The van der Waals surface area contributed by atoms with Crippen LogP contribution in [0.1, 0.15) is 0 Å². The first kappa shape index (κ1) is 10.4. The average Bonchev–Trinajstić information content (AvgIpc) is 2.29. The first-order valence-corrected chi connectivity index (χ1v) is 6.55. The molecule has 0 saturated heterocycles. The Morgan fingerprint density at radius 3 is 2.47 bits per heavy atom. The van der Waals surface area contributed by atoms with Crippen molar-refractivity contribution in [2.24, 2.45) is 0 Å². The largest absolute Gasteiger partial charge is 0.507 e. The zero-order valence-electron chi connectivity index (χ0n) is 7.83. The van der Waals surface area contributed by atoms with Crippen LogP contribution in [0, 0.1) is 0 Å². The molecule has 0 atom stereocenters. The molecule has 0 bridgehead atoms. The van der Waals surface area contributed by atoms with Gasteiger partial charge >= 0.3 is 0 Å². The van der Waals surface area contributed by atoms with E-state index in [1.54, 1.807) is 12.3 Å². The quantitative estimate of drug-likeness (QED) is 0.824. The van der Waals surface area contributed by atoms with E-state index in [-0.39, 0.29) is 0 Å². The molecule has 4 heteroatoms. The molecule has 2 nitrogen and oxygen atoms in total. The number of phenolic OH excluding ortho intramolecular Hbond substituents is 1. The van der Waals surface area contributed by atoms with Crippen LogP contribution in [0.2, 0.25) is 0 Å². The summed E-state index contributed by atoms with van der Waals surface area (Å²) in [6, 6.07) is 13.1. The van der Waals surface area contributed by atoms with Crippen molar-refractivity contribution >= 4 is 21.6 Å². The van der Waals surface area contributed by atoms with Crippen LogP contribution in [0.4, 0.5) is 0 Å². The topological polar surface area (TPSA) is 33.1 Å². The summed E-state index contributed by atoms with van der Waals surface area (Å²) in [6.07, 6.45) is 1.76. The molecule has 0 aliphatic carbocycles. The molecule has 0 spiro atoms. The number of pyridine rings is 1. The Hall–Kier alpha value is -1.13. The summed E-state index contributed by atoms with van der Waals surface area (Å²) in [5, 5.41) is 10.5. The summed E-state index contributed by atoms with van der Waals surface area (Å²) in [5.41, 5.74) is 0. The molecule has 0 aliphatic rings. The van der Waals surface area contributed by atoms with Gasteiger partial charge in [0.25, 0.3) is 0 Å². The fourth-order valence-electron chi connectivity index (χ4n) is 1.01. The van der Waals surface area contributed by atoms with Gasteiger partial charge in [0.15, 0.2) is 0 Å². The summed E-state index contributed by atoms with van der Waals surface area (Å²) >= 11 is 0. The van der Waals surface area contributed by atoms with E-state index in [2.05, 4.69) is 4.98 Å². The lowest BCUT2D eigenvalue weighted by Gasteiger charge is -2.01. The number of hydrogen-bond acceptors (Lipinski definition) is 4. The summed E-state index contributed by atoms with van der Waals surface area (Å²) in [7, 11) is 3.04. The van der Waals surface area contributed by atoms with Crippen molar-refractivity contribution in [3.8, 4) is 5.75 Å². The fraction of sp³-hybridized carbons (Fsp3) is 0. The molecule has 76 valence electrons. The van der Waals surface area contributed by atoms with Crippen molar-refractivity contribution in [2.75, 3.05) is 0 Å². The second-order valence-electron chi connectivity index (χ2n) is 2.80. The van der Waals surface area contributed by atoms with E-state index in [9.17, 15) is 5.11 Å². The van der Waals surface area contributed by atoms with E-state index in [1.165, 1.54) is 21.6 Å². The normalized spacial score (nSPS) is 10.1. The molecule has 2 rings (SSSR count). The maximum Gasteiger partial charge on any atom is 0.130 e. The minimum absolute atomic E-state index is 0.311. The molecule has 0 unspecified atom stereocenters. The van der Waals surface area contributed by atoms with Crippen LogP contribution < -0.4 is 0 Å². The Kier molecular flexibility index (Phi) is 3.53. The maximum atomic E-state index is 9.53. The molecule has 1 aromatic heterocycles. The zero-order valence-corrected chi connectivity index (χ0v) is 9.46. The number of rotatable bonds is 3. The highest BCUT2D eigenvalue weighted by Crippen LogP contribution is 2.40. The standard InChI is InChI=1S/C11H9NOS2/c13-9-5-1-2-6-10(9)14-15-11-7-3-4-8-12-11/h1-8,13H. The Morgan fingerprint density at radius 2 is 1.73 bits per heavy atom. The number of aromatic hydroxyl groups is 1. The highest BCUT2D eigenvalue weighted by Gasteiger charge is 2.01.